The van der Waals surface area contributed by atoms with Crippen molar-refractivity contribution in [2.24, 2.45) is 23.5 Å². The van der Waals surface area contributed by atoms with Crippen LogP contribution in [0.5, 0.6) is 0 Å². The third-order valence-corrected chi connectivity index (χ3v) is 8.85. The number of rotatable bonds is 19. The van der Waals surface area contributed by atoms with Gasteiger partial charge < -0.3 is 26.5 Å². The number of thioether (sulfide) groups is 1. The van der Waals surface area contributed by atoms with E-state index >= 15 is 0 Å². The molecule has 5 N–H and O–H groups in total. The maximum atomic E-state index is 13.4. The third kappa shape index (κ3) is 12.3. The Morgan fingerprint density at radius 3 is 2.19 bits per heavy atom. The number of urea groups is 1. The minimum Gasteiger partial charge on any atom is -0.355 e. The summed E-state index contributed by atoms with van der Waals surface area (Å²) in [5, 5.41) is 7.72. The van der Waals surface area contributed by atoms with Crippen molar-refractivity contribution in [2.75, 3.05) is 19.6 Å². The smallest absolute Gasteiger partial charge is 0.334 e. The van der Waals surface area contributed by atoms with Crippen LogP contribution in [0.1, 0.15) is 79.6 Å². The van der Waals surface area contributed by atoms with E-state index in [1.54, 1.807) is 13.8 Å². The number of Topliss-reactive ketones (excluding diaryl/α,β-unsaturated/α-hetero) is 1. The van der Waals surface area contributed by atoms with Crippen LogP contribution in [-0.4, -0.2) is 99.4 Å². The van der Waals surface area contributed by atoms with Crippen LogP contribution >= 0.6 is 11.8 Å². The van der Waals surface area contributed by atoms with Gasteiger partial charge in [-0.1, -0.05) is 34.6 Å². The minimum atomic E-state index is -1.03. The SMILES string of the molecule is CC(C)SC1CC(=O)N(CCC(=O)N[C@@H](CCCNC(N)=O)C(=O)C[C@@H](C(=O)NCCC(=O)ON2C(=O)CC(C)C2=O)C(C)C)C1=O. The summed E-state index contributed by atoms with van der Waals surface area (Å²) in [6.07, 6.45) is -0.422. The van der Waals surface area contributed by atoms with Gasteiger partial charge in [-0.2, -0.15) is 0 Å². The Bertz CT molecular complexity index is 1240. The molecule has 2 unspecified atom stereocenters. The first-order valence-corrected chi connectivity index (χ1v) is 16.7. The number of carbonyl (C=O) groups excluding carboxylic acids is 9. The molecule has 262 valence electrons. The molecule has 0 bridgehead atoms. The second-order valence-corrected chi connectivity index (χ2v) is 14.0. The van der Waals surface area contributed by atoms with E-state index < -0.39 is 64.5 Å². The summed E-state index contributed by atoms with van der Waals surface area (Å²) >= 11 is 1.38. The van der Waals surface area contributed by atoms with Crippen LogP contribution in [0.4, 0.5) is 4.79 Å². The van der Waals surface area contributed by atoms with Gasteiger partial charge in [0.2, 0.25) is 23.6 Å². The van der Waals surface area contributed by atoms with Crippen molar-refractivity contribution in [3.8, 4) is 0 Å². The summed E-state index contributed by atoms with van der Waals surface area (Å²) in [5.74, 6) is -6.14. The van der Waals surface area contributed by atoms with Crippen molar-refractivity contribution in [3.63, 3.8) is 0 Å². The fourth-order valence-corrected chi connectivity index (χ4v) is 6.18. The van der Waals surface area contributed by atoms with Gasteiger partial charge in [-0.15, -0.1) is 16.8 Å². The van der Waals surface area contributed by atoms with Crippen molar-refractivity contribution in [1.82, 2.24) is 25.9 Å². The van der Waals surface area contributed by atoms with Crippen LogP contribution in [0.2, 0.25) is 0 Å². The molecule has 2 heterocycles. The average Bonchev–Trinajstić information content (AvgIpc) is 3.37. The fraction of sp³-hybridized carbons (Fsp3) is 0.700. The number of primary amides is 1. The van der Waals surface area contributed by atoms with Crippen LogP contribution in [0.3, 0.4) is 0 Å². The van der Waals surface area contributed by atoms with Crippen LogP contribution < -0.4 is 21.7 Å². The number of ketones is 1. The van der Waals surface area contributed by atoms with Crippen molar-refractivity contribution in [1.29, 1.82) is 0 Å². The maximum absolute atomic E-state index is 13.4. The van der Waals surface area contributed by atoms with E-state index in [4.69, 9.17) is 10.6 Å². The summed E-state index contributed by atoms with van der Waals surface area (Å²) in [4.78, 5) is 117. The van der Waals surface area contributed by atoms with Crippen molar-refractivity contribution >= 4 is 65.0 Å². The third-order valence-electron chi connectivity index (χ3n) is 7.61. The summed E-state index contributed by atoms with van der Waals surface area (Å²) in [5.41, 5.74) is 5.10. The lowest BCUT2D eigenvalue weighted by atomic mass is 9.87. The Hall–Kier alpha value is -4.02. The lowest BCUT2D eigenvalue weighted by Crippen LogP contribution is -2.45. The minimum absolute atomic E-state index is 0.0635. The van der Waals surface area contributed by atoms with E-state index in [-0.39, 0.29) is 87.6 Å². The summed E-state index contributed by atoms with van der Waals surface area (Å²) in [6, 6.07) is -1.78. The number of imide groups is 2. The van der Waals surface area contributed by atoms with Crippen LogP contribution in [0.15, 0.2) is 0 Å². The van der Waals surface area contributed by atoms with Gasteiger partial charge in [0.25, 0.3) is 11.8 Å². The topological polar surface area (TPSA) is 231 Å². The number of amides is 8. The Morgan fingerprint density at radius 1 is 0.936 bits per heavy atom. The maximum Gasteiger partial charge on any atom is 0.334 e. The molecule has 4 atom stereocenters. The highest BCUT2D eigenvalue weighted by molar-refractivity contribution is 8.01. The molecule has 0 radical (unpaired) electrons. The molecule has 2 saturated heterocycles. The standard InChI is InChI=1S/C30H46N6O10S/c1-16(2)19(27(42)32-11-8-26(41)46-36-25(40)13-18(5)28(36)43)14-21(37)20(7-6-10-33-30(31)45)34-23(38)9-12-35-24(39)15-22(29(35)44)47-17(3)4/h16-20,22H,6-15H2,1-5H3,(H,32,42)(H,34,38)(H3,31,33,45)/t18?,19-,20+,22?/m1/s1. The molecule has 47 heavy (non-hydrogen) atoms. The van der Waals surface area contributed by atoms with Crippen LogP contribution in [0, 0.1) is 17.8 Å². The van der Waals surface area contributed by atoms with E-state index in [2.05, 4.69) is 16.0 Å². The highest BCUT2D eigenvalue weighted by Crippen LogP contribution is 2.28. The molecule has 17 heteroatoms. The van der Waals surface area contributed by atoms with Crippen LogP contribution in [-0.2, 0) is 43.2 Å². The molecular weight excluding hydrogens is 636 g/mol. The van der Waals surface area contributed by atoms with E-state index in [9.17, 15) is 43.2 Å². The predicted octanol–water partition coefficient (Wildman–Crippen LogP) is 0.170. The average molecular weight is 683 g/mol. The number of nitrogens with one attached hydrogen (secondary N) is 3. The Labute approximate surface area is 277 Å². The van der Waals surface area contributed by atoms with E-state index in [0.29, 0.717) is 5.06 Å². The Kier molecular flexibility index (Phi) is 15.3. The van der Waals surface area contributed by atoms with Gasteiger partial charge in [0.05, 0.1) is 17.7 Å². The van der Waals surface area contributed by atoms with Gasteiger partial charge in [0, 0.05) is 57.2 Å². The number of hydrogen-bond donors (Lipinski definition) is 4. The van der Waals surface area contributed by atoms with Gasteiger partial charge >= 0.3 is 12.0 Å². The molecule has 2 aliphatic heterocycles. The van der Waals surface area contributed by atoms with E-state index in [1.807, 2.05) is 13.8 Å². The van der Waals surface area contributed by atoms with Gasteiger partial charge in [-0.25, -0.2) is 9.59 Å². The first-order valence-electron chi connectivity index (χ1n) is 15.7. The molecule has 0 saturated carbocycles. The first kappa shape index (κ1) is 39.2. The molecule has 0 spiro atoms. The number of hydrogen-bond acceptors (Lipinski definition) is 11. The number of nitrogens with two attached hydrogens (primary N) is 1. The van der Waals surface area contributed by atoms with Gasteiger partial charge in [-0.3, -0.25) is 38.5 Å². The Morgan fingerprint density at radius 2 is 1.62 bits per heavy atom. The van der Waals surface area contributed by atoms with E-state index in [1.165, 1.54) is 18.7 Å². The molecular formula is C30H46N6O10S. The van der Waals surface area contributed by atoms with Crippen molar-refractivity contribution < 1.29 is 48.0 Å². The van der Waals surface area contributed by atoms with Gasteiger partial charge in [0.1, 0.15) is 0 Å². The summed E-state index contributed by atoms with van der Waals surface area (Å²) in [6.45, 7) is 8.67. The first-order chi connectivity index (χ1) is 22.0. The monoisotopic (exact) mass is 682 g/mol. The van der Waals surface area contributed by atoms with Crippen molar-refractivity contribution in [3.05, 3.63) is 0 Å². The lowest BCUT2D eigenvalue weighted by molar-refractivity contribution is -0.198. The molecule has 16 nitrogen and oxygen atoms in total. The van der Waals surface area contributed by atoms with E-state index in [0.717, 1.165) is 4.90 Å². The molecule has 8 amide bonds. The zero-order valence-electron chi connectivity index (χ0n) is 27.5. The molecule has 2 aliphatic rings. The zero-order chi connectivity index (χ0) is 35.4. The number of carbonyl (C=O) groups is 9. The van der Waals surface area contributed by atoms with Crippen LogP contribution in [0.25, 0.3) is 0 Å². The molecule has 2 rings (SSSR count). The number of hydroxylamine groups is 2. The second kappa shape index (κ2) is 18.4. The molecule has 0 aromatic rings. The zero-order valence-corrected chi connectivity index (χ0v) is 28.3. The second-order valence-electron chi connectivity index (χ2n) is 12.2. The van der Waals surface area contributed by atoms with Gasteiger partial charge in [-0.05, 0) is 24.0 Å². The quantitative estimate of drug-likeness (QED) is 0.106. The normalized spacial score (nSPS) is 19.3. The summed E-state index contributed by atoms with van der Waals surface area (Å²) < 4.78 is 0. The predicted molar refractivity (Wildman–Crippen MR) is 169 cm³/mol. The highest BCUT2D eigenvalue weighted by Gasteiger charge is 2.40. The van der Waals surface area contributed by atoms with Gasteiger partial charge in [0.15, 0.2) is 5.78 Å². The number of likely N-dealkylation sites (tertiary alicyclic amines) is 1. The molecule has 0 aromatic heterocycles. The highest BCUT2D eigenvalue weighted by atomic mass is 32.2. The Balaban J connectivity index is 1.97. The van der Waals surface area contributed by atoms with Crippen molar-refractivity contribution in [2.45, 2.75) is 96.1 Å². The largest absolute Gasteiger partial charge is 0.355 e. The molecule has 2 fully saturated rings. The fourth-order valence-electron chi connectivity index (χ4n) is 5.04. The lowest BCUT2D eigenvalue weighted by Gasteiger charge is -2.24. The molecule has 0 aromatic carbocycles. The number of nitrogens with zero attached hydrogens (tertiary/aromatic N) is 2. The molecule has 0 aliphatic carbocycles. The summed E-state index contributed by atoms with van der Waals surface area (Å²) in [7, 11) is 0.